The second-order valence-corrected chi connectivity index (χ2v) is 11.2. The molecule has 8 heteroatoms. The summed E-state index contributed by atoms with van der Waals surface area (Å²) in [5.74, 6) is -0.269. The number of aldehydes is 1. The van der Waals surface area contributed by atoms with E-state index in [2.05, 4.69) is 4.90 Å². The quantitative estimate of drug-likeness (QED) is 0.336. The van der Waals surface area contributed by atoms with Gasteiger partial charge in [0, 0.05) is 36.8 Å². The van der Waals surface area contributed by atoms with Gasteiger partial charge in [0.05, 0.1) is 40.5 Å². The number of benzene rings is 2. The van der Waals surface area contributed by atoms with E-state index in [1.54, 1.807) is 6.07 Å². The van der Waals surface area contributed by atoms with Gasteiger partial charge in [-0.25, -0.2) is 4.39 Å². The van der Waals surface area contributed by atoms with Crippen molar-refractivity contribution in [1.29, 1.82) is 0 Å². The van der Waals surface area contributed by atoms with Gasteiger partial charge < -0.3 is 19.3 Å². The average Bonchev–Trinajstić information content (AvgIpc) is 2.83. The average molecular weight is 592 g/mol. The number of morpholine rings is 1. The zero-order chi connectivity index (χ0) is 25.3. The Bertz CT molecular complexity index is 1310. The Balaban J connectivity index is 1.79. The van der Waals surface area contributed by atoms with Gasteiger partial charge in [0.1, 0.15) is 5.82 Å². The lowest BCUT2D eigenvalue weighted by Crippen LogP contribution is -2.36. The first-order valence-corrected chi connectivity index (χ1v) is 12.8. The first-order valence-electron chi connectivity index (χ1n) is 11.7. The molecule has 2 heterocycles. The molecule has 6 nitrogen and oxygen atoms in total. The van der Waals surface area contributed by atoms with E-state index in [4.69, 9.17) is 4.74 Å². The summed E-state index contributed by atoms with van der Waals surface area (Å²) >= 11 is 2.02. The lowest BCUT2D eigenvalue weighted by Gasteiger charge is -2.32. The number of hydrogen-bond donors (Lipinski definition) is 1. The summed E-state index contributed by atoms with van der Waals surface area (Å²) in [6.45, 7) is 8.65. The Morgan fingerprint density at radius 1 is 1.20 bits per heavy atom. The van der Waals surface area contributed by atoms with Crippen LogP contribution in [0.3, 0.4) is 0 Å². The normalized spacial score (nSPS) is 15.4. The molecular weight excluding hydrogens is 562 g/mol. The molecule has 1 N–H and O–H groups in total. The zero-order valence-electron chi connectivity index (χ0n) is 20.2. The maximum absolute atomic E-state index is 15.1. The molecule has 2 aromatic carbocycles. The molecular formula is C27H30FIN2O4. The summed E-state index contributed by atoms with van der Waals surface area (Å²) in [5.41, 5.74) is 2.27. The fraction of sp³-hybridized carbons (Fsp3) is 0.407. The first kappa shape index (κ1) is 25.8. The largest absolute Gasteiger partial charge is 0.394 e. The van der Waals surface area contributed by atoms with Gasteiger partial charge in [-0.2, -0.15) is 0 Å². The highest BCUT2D eigenvalue weighted by atomic mass is 127. The summed E-state index contributed by atoms with van der Waals surface area (Å²) in [6, 6.07) is 8.83. The third kappa shape index (κ3) is 5.29. The number of halogens is 2. The molecule has 0 unspecified atom stereocenters. The summed E-state index contributed by atoms with van der Waals surface area (Å²) < 4.78 is 22.9. The minimum Gasteiger partial charge on any atom is -0.394 e. The smallest absolute Gasteiger partial charge is 0.199 e. The highest BCUT2D eigenvalue weighted by Crippen LogP contribution is 2.33. The van der Waals surface area contributed by atoms with Crippen LogP contribution < -0.4 is 10.3 Å². The van der Waals surface area contributed by atoms with Crippen LogP contribution in [0.25, 0.3) is 10.9 Å². The lowest BCUT2D eigenvalue weighted by atomic mass is 9.86. The molecule has 0 radical (unpaired) electrons. The number of ether oxygens (including phenoxy) is 1. The third-order valence-corrected chi connectivity index (χ3v) is 7.40. The van der Waals surface area contributed by atoms with E-state index >= 15 is 4.39 Å². The van der Waals surface area contributed by atoms with Gasteiger partial charge in [-0.15, -0.1) is 0 Å². The van der Waals surface area contributed by atoms with Crippen molar-refractivity contribution in [2.45, 2.75) is 33.2 Å². The lowest BCUT2D eigenvalue weighted by molar-refractivity contribution is 0.111. The zero-order valence-corrected chi connectivity index (χ0v) is 22.3. The van der Waals surface area contributed by atoms with Crippen LogP contribution in [0.15, 0.2) is 41.3 Å². The summed E-state index contributed by atoms with van der Waals surface area (Å²) in [6.07, 6.45) is 2.39. The van der Waals surface area contributed by atoms with Crippen LogP contribution in [0.4, 0.5) is 10.1 Å². The molecule has 4 rings (SSSR count). The van der Waals surface area contributed by atoms with Crippen LogP contribution in [0.5, 0.6) is 0 Å². The number of carbonyl (C=O) groups excluding carboxylic acids is 1. The van der Waals surface area contributed by atoms with Gasteiger partial charge in [-0.05, 0) is 63.4 Å². The molecule has 0 saturated carbocycles. The molecule has 0 amide bonds. The second kappa shape index (κ2) is 10.4. The van der Waals surface area contributed by atoms with Gasteiger partial charge in [-0.1, -0.05) is 26.8 Å². The minimum atomic E-state index is -0.365. The fourth-order valence-electron chi connectivity index (χ4n) is 4.64. The predicted molar refractivity (Wildman–Crippen MR) is 144 cm³/mol. The van der Waals surface area contributed by atoms with Crippen molar-refractivity contribution in [3.8, 4) is 0 Å². The highest BCUT2D eigenvalue weighted by Gasteiger charge is 2.27. The van der Waals surface area contributed by atoms with Crippen LogP contribution in [0.1, 0.15) is 48.3 Å². The maximum atomic E-state index is 15.1. The number of carbonyl (C=O) groups is 1. The number of hydrogen-bond acceptors (Lipinski definition) is 5. The van der Waals surface area contributed by atoms with Gasteiger partial charge >= 0.3 is 0 Å². The summed E-state index contributed by atoms with van der Waals surface area (Å²) in [5, 5.41) is 10.5. The topological polar surface area (TPSA) is 71.8 Å². The van der Waals surface area contributed by atoms with Crippen molar-refractivity contribution >= 4 is 45.5 Å². The maximum Gasteiger partial charge on any atom is 0.199 e. The van der Waals surface area contributed by atoms with E-state index in [-0.39, 0.29) is 34.9 Å². The minimum absolute atomic E-state index is 0.0346. The van der Waals surface area contributed by atoms with Crippen LogP contribution in [-0.4, -0.2) is 48.9 Å². The van der Waals surface area contributed by atoms with Crippen LogP contribution in [-0.2, 0) is 11.2 Å². The molecule has 1 aromatic heterocycles. The van der Waals surface area contributed by atoms with Crippen molar-refractivity contribution in [2.24, 2.45) is 5.41 Å². The van der Waals surface area contributed by atoms with Gasteiger partial charge in [0.2, 0.25) is 0 Å². The Morgan fingerprint density at radius 2 is 1.91 bits per heavy atom. The Kier molecular flexibility index (Phi) is 7.63. The summed E-state index contributed by atoms with van der Waals surface area (Å²) in [4.78, 5) is 26.9. The van der Waals surface area contributed by atoms with Crippen LogP contribution in [0, 0.1) is 14.8 Å². The summed E-state index contributed by atoms with van der Waals surface area (Å²) in [7, 11) is 0. The Morgan fingerprint density at radius 3 is 2.54 bits per heavy atom. The Hall–Kier alpha value is -2.30. The number of anilines is 1. The number of pyridine rings is 1. The number of fused-ring (bicyclic) bond motifs is 1. The van der Waals surface area contributed by atoms with E-state index in [9.17, 15) is 14.7 Å². The van der Waals surface area contributed by atoms with Crippen LogP contribution in [0.2, 0.25) is 0 Å². The van der Waals surface area contributed by atoms with Gasteiger partial charge in [-0.3, -0.25) is 9.59 Å². The molecule has 1 fully saturated rings. The first-order chi connectivity index (χ1) is 16.6. The van der Waals surface area contributed by atoms with Crippen LogP contribution >= 0.6 is 22.6 Å². The van der Waals surface area contributed by atoms with Gasteiger partial charge in [0.25, 0.3) is 0 Å². The molecule has 35 heavy (non-hydrogen) atoms. The van der Waals surface area contributed by atoms with Crippen molar-refractivity contribution in [2.75, 3.05) is 37.8 Å². The highest BCUT2D eigenvalue weighted by molar-refractivity contribution is 14.1. The molecule has 186 valence electrons. The molecule has 1 saturated heterocycles. The predicted octanol–water partition coefficient (Wildman–Crippen LogP) is 4.56. The van der Waals surface area contributed by atoms with Crippen molar-refractivity contribution in [3.63, 3.8) is 0 Å². The number of aliphatic hydroxyl groups is 1. The van der Waals surface area contributed by atoms with E-state index in [0.29, 0.717) is 46.0 Å². The van der Waals surface area contributed by atoms with E-state index < -0.39 is 0 Å². The molecule has 1 atom stereocenters. The van der Waals surface area contributed by atoms with Crippen molar-refractivity contribution in [1.82, 2.24) is 4.57 Å². The number of aromatic nitrogens is 1. The van der Waals surface area contributed by atoms with Crippen molar-refractivity contribution in [3.05, 3.63) is 72.8 Å². The van der Waals surface area contributed by atoms with E-state index in [0.717, 1.165) is 24.3 Å². The number of aliphatic hydroxyl groups excluding tert-OH is 1. The fourth-order valence-corrected chi connectivity index (χ4v) is 5.30. The second-order valence-electron chi connectivity index (χ2n) is 10.0. The molecule has 3 aromatic rings. The van der Waals surface area contributed by atoms with Gasteiger partial charge in [0.15, 0.2) is 11.7 Å². The number of nitrogens with zero attached hydrogens (tertiary/aromatic N) is 2. The molecule has 0 spiro atoms. The molecule has 0 aliphatic carbocycles. The van der Waals surface area contributed by atoms with E-state index in [1.807, 2.05) is 72.2 Å². The van der Waals surface area contributed by atoms with Crippen molar-refractivity contribution < 1.29 is 19.0 Å². The molecule has 0 bridgehead atoms. The van der Waals surface area contributed by atoms with E-state index in [1.165, 1.54) is 6.20 Å². The molecule has 1 aliphatic rings. The standard InChI is InChI=1S/C27H30FIN2O4/c1-27(2,3)24(16-33)31-14-19(15-32)26(34)21-11-17(4-5-23(21)31)10-18-12-20(13-22(29)25(18)28)30-6-8-35-9-7-30/h4-5,11-15,24,33H,6-10,16H2,1-3H3/t24-/m1/s1. The monoisotopic (exact) mass is 592 g/mol. The number of rotatable bonds is 6. The SMILES string of the molecule is CC(C)(C)[C@@H](CO)n1cc(C=O)c(=O)c2cc(Cc3cc(N4CCOCC4)cc(I)c3F)ccc21. The molecule has 1 aliphatic heterocycles. The Labute approximate surface area is 217 Å². The third-order valence-electron chi connectivity index (χ3n) is 6.62.